The SMILES string of the molecule is CCCCOc1cc(CO)ccc1O. The highest BCUT2D eigenvalue weighted by Crippen LogP contribution is 2.26. The number of aromatic hydroxyl groups is 1. The van der Waals surface area contributed by atoms with Gasteiger partial charge in [-0.25, -0.2) is 0 Å². The van der Waals surface area contributed by atoms with Crippen LogP contribution in [0.5, 0.6) is 11.5 Å². The highest BCUT2D eigenvalue weighted by atomic mass is 16.5. The van der Waals surface area contributed by atoms with Crippen molar-refractivity contribution in [3.8, 4) is 11.5 Å². The molecule has 0 aliphatic rings. The third-order valence-corrected chi connectivity index (χ3v) is 1.96. The maximum absolute atomic E-state index is 9.42. The lowest BCUT2D eigenvalue weighted by Crippen LogP contribution is -1.97. The molecular weight excluding hydrogens is 180 g/mol. The molecule has 2 N–H and O–H groups in total. The van der Waals surface area contributed by atoms with E-state index in [1.165, 1.54) is 6.07 Å². The number of aliphatic hydroxyl groups is 1. The lowest BCUT2D eigenvalue weighted by molar-refractivity contribution is 0.275. The van der Waals surface area contributed by atoms with E-state index in [0.29, 0.717) is 12.4 Å². The van der Waals surface area contributed by atoms with Gasteiger partial charge in [-0.05, 0) is 24.1 Å². The maximum Gasteiger partial charge on any atom is 0.161 e. The van der Waals surface area contributed by atoms with Gasteiger partial charge in [0, 0.05) is 0 Å². The van der Waals surface area contributed by atoms with Crippen LogP contribution < -0.4 is 4.74 Å². The largest absolute Gasteiger partial charge is 0.504 e. The smallest absolute Gasteiger partial charge is 0.161 e. The summed E-state index contributed by atoms with van der Waals surface area (Å²) in [5.41, 5.74) is 0.745. The standard InChI is InChI=1S/C11H16O3/c1-2-3-6-14-11-7-9(8-12)4-5-10(11)13/h4-5,7,12-13H,2-3,6,8H2,1H3. The van der Waals surface area contributed by atoms with Gasteiger partial charge in [-0.1, -0.05) is 19.4 Å². The van der Waals surface area contributed by atoms with Crippen LogP contribution >= 0.6 is 0 Å². The van der Waals surface area contributed by atoms with Gasteiger partial charge in [0.05, 0.1) is 13.2 Å². The Kier molecular flexibility index (Phi) is 4.26. The summed E-state index contributed by atoms with van der Waals surface area (Å²) < 4.78 is 5.36. The van der Waals surface area contributed by atoms with Crippen LogP contribution in [0.4, 0.5) is 0 Å². The summed E-state index contributed by atoms with van der Waals surface area (Å²) in [4.78, 5) is 0. The van der Waals surface area contributed by atoms with Crippen LogP contribution in [0.1, 0.15) is 25.3 Å². The van der Waals surface area contributed by atoms with E-state index >= 15 is 0 Å². The molecule has 1 aromatic rings. The zero-order chi connectivity index (χ0) is 10.4. The molecule has 1 aromatic carbocycles. The Hall–Kier alpha value is -1.22. The first-order chi connectivity index (χ1) is 6.77. The van der Waals surface area contributed by atoms with Gasteiger partial charge in [-0.3, -0.25) is 0 Å². The van der Waals surface area contributed by atoms with Crippen LogP contribution in [0.25, 0.3) is 0 Å². The molecule has 3 nitrogen and oxygen atoms in total. The monoisotopic (exact) mass is 196 g/mol. The second kappa shape index (κ2) is 5.50. The molecule has 0 saturated heterocycles. The fraction of sp³-hybridized carbons (Fsp3) is 0.455. The van der Waals surface area contributed by atoms with E-state index in [1.54, 1.807) is 12.1 Å². The molecular formula is C11H16O3. The normalized spacial score (nSPS) is 10.1. The van der Waals surface area contributed by atoms with E-state index < -0.39 is 0 Å². The van der Waals surface area contributed by atoms with Gasteiger partial charge in [0.15, 0.2) is 11.5 Å². The predicted molar refractivity (Wildman–Crippen MR) is 54.4 cm³/mol. The summed E-state index contributed by atoms with van der Waals surface area (Å²) in [5, 5.41) is 18.3. The number of hydrogen-bond acceptors (Lipinski definition) is 3. The number of phenolic OH excluding ortho intramolecular Hbond substituents is 1. The van der Waals surface area contributed by atoms with E-state index in [0.717, 1.165) is 18.4 Å². The lowest BCUT2D eigenvalue weighted by atomic mass is 10.2. The van der Waals surface area contributed by atoms with Crippen molar-refractivity contribution < 1.29 is 14.9 Å². The molecule has 0 spiro atoms. The van der Waals surface area contributed by atoms with Crippen LogP contribution in [-0.4, -0.2) is 16.8 Å². The van der Waals surface area contributed by atoms with E-state index in [-0.39, 0.29) is 12.4 Å². The van der Waals surface area contributed by atoms with E-state index in [9.17, 15) is 5.11 Å². The molecule has 0 aliphatic heterocycles. The van der Waals surface area contributed by atoms with Crippen LogP contribution in [0.3, 0.4) is 0 Å². The summed E-state index contributed by atoms with van der Waals surface area (Å²) in [5.74, 6) is 0.573. The molecule has 3 heteroatoms. The van der Waals surface area contributed by atoms with Crippen molar-refractivity contribution in [1.29, 1.82) is 0 Å². The molecule has 0 fully saturated rings. The highest BCUT2D eigenvalue weighted by Gasteiger charge is 2.02. The molecule has 14 heavy (non-hydrogen) atoms. The van der Waals surface area contributed by atoms with Crippen molar-refractivity contribution in [2.24, 2.45) is 0 Å². The molecule has 0 amide bonds. The Morgan fingerprint density at radius 3 is 2.79 bits per heavy atom. The van der Waals surface area contributed by atoms with E-state index in [1.807, 2.05) is 0 Å². The average Bonchev–Trinajstić information content (AvgIpc) is 2.21. The molecule has 0 aliphatic carbocycles. The van der Waals surface area contributed by atoms with Crippen molar-refractivity contribution in [3.63, 3.8) is 0 Å². The third kappa shape index (κ3) is 2.92. The fourth-order valence-corrected chi connectivity index (χ4v) is 1.10. The van der Waals surface area contributed by atoms with Crippen LogP contribution in [0.2, 0.25) is 0 Å². The first kappa shape index (κ1) is 10.9. The molecule has 0 bridgehead atoms. The zero-order valence-corrected chi connectivity index (χ0v) is 8.36. The van der Waals surface area contributed by atoms with Crippen LogP contribution in [0, 0.1) is 0 Å². The number of ether oxygens (including phenoxy) is 1. The minimum Gasteiger partial charge on any atom is -0.504 e. The molecule has 78 valence electrons. The summed E-state index contributed by atoms with van der Waals surface area (Å²) in [6.45, 7) is 2.64. The van der Waals surface area contributed by atoms with Crippen molar-refractivity contribution in [1.82, 2.24) is 0 Å². The van der Waals surface area contributed by atoms with Gasteiger partial charge in [0.25, 0.3) is 0 Å². The van der Waals surface area contributed by atoms with Gasteiger partial charge in [0.1, 0.15) is 0 Å². The quantitative estimate of drug-likeness (QED) is 0.709. The Balaban J connectivity index is 2.64. The minimum atomic E-state index is -0.0373. The lowest BCUT2D eigenvalue weighted by Gasteiger charge is -2.08. The van der Waals surface area contributed by atoms with Crippen LogP contribution in [-0.2, 0) is 6.61 Å². The number of rotatable bonds is 5. The van der Waals surface area contributed by atoms with Crippen LogP contribution in [0.15, 0.2) is 18.2 Å². The summed E-state index contributed by atoms with van der Waals surface area (Å²) in [6, 6.07) is 4.86. The third-order valence-electron chi connectivity index (χ3n) is 1.96. The summed E-state index contributed by atoms with van der Waals surface area (Å²) in [6.07, 6.45) is 2.02. The van der Waals surface area contributed by atoms with Crippen molar-refractivity contribution in [3.05, 3.63) is 23.8 Å². The highest BCUT2D eigenvalue weighted by molar-refractivity contribution is 5.41. The Morgan fingerprint density at radius 2 is 2.14 bits per heavy atom. The zero-order valence-electron chi connectivity index (χ0n) is 8.36. The predicted octanol–water partition coefficient (Wildman–Crippen LogP) is 2.06. The molecule has 1 rings (SSSR count). The minimum absolute atomic E-state index is 0.0373. The molecule has 0 saturated carbocycles. The average molecular weight is 196 g/mol. The second-order valence-corrected chi connectivity index (χ2v) is 3.16. The number of aliphatic hydroxyl groups excluding tert-OH is 1. The fourth-order valence-electron chi connectivity index (χ4n) is 1.10. The molecule has 0 aromatic heterocycles. The van der Waals surface area contributed by atoms with Gasteiger partial charge >= 0.3 is 0 Å². The number of unbranched alkanes of at least 4 members (excludes halogenated alkanes) is 1. The van der Waals surface area contributed by atoms with E-state index in [2.05, 4.69) is 6.92 Å². The molecule has 0 radical (unpaired) electrons. The maximum atomic E-state index is 9.42. The van der Waals surface area contributed by atoms with E-state index in [4.69, 9.17) is 9.84 Å². The number of hydrogen-bond donors (Lipinski definition) is 2. The first-order valence-electron chi connectivity index (χ1n) is 4.83. The molecule has 0 unspecified atom stereocenters. The number of phenols is 1. The first-order valence-corrected chi connectivity index (χ1v) is 4.83. The number of benzene rings is 1. The topological polar surface area (TPSA) is 49.7 Å². The van der Waals surface area contributed by atoms with Crippen molar-refractivity contribution in [2.75, 3.05) is 6.61 Å². The summed E-state index contributed by atoms with van der Waals surface area (Å²) >= 11 is 0. The Morgan fingerprint density at radius 1 is 1.36 bits per heavy atom. The van der Waals surface area contributed by atoms with Crippen molar-refractivity contribution >= 4 is 0 Å². The summed E-state index contributed by atoms with van der Waals surface area (Å²) in [7, 11) is 0. The second-order valence-electron chi connectivity index (χ2n) is 3.16. The Labute approximate surface area is 84.0 Å². The van der Waals surface area contributed by atoms with Crippen molar-refractivity contribution in [2.45, 2.75) is 26.4 Å². The molecule has 0 atom stereocenters. The molecule has 0 heterocycles. The Bertz CT molecular complexity index is 284. The van der Waals surface area contributed by atoms with Gasteiger partial charge in [-0.2, -0.15) is 0 Å². The van der Waals surface area contributed by atoms with Gasteiger partial charge in [-0.15, -0.1) is 0 Å². The van der Waals surface area contributed by atoms with Gasteiger partial charge in [0.2, 0.25) is 0 Å². The van der Waals surface area contributed by atoms with Gasteiger partial charge < -0.3 is 14.9 Å².